The average molecular weight is 534 g/mol. The number of hydrogen-bond acceptors (Lipinski definition) is 6. The maximum atomic E-state index is 8.00. The summed E-state index contributed by atoms with van der Waals surface area (Å²) in [4.78, 5) is 41.3. The molecule has 0 fully saturated rings. The molecule has 0 aliphatic carbocycles. The summed E-state index contributed by atoms with van der Waals surface area (Å²) in [5.41, 5.74) is 1.38. The molecule has 0 spiro atoms. The molecule has 0 unspecified atom stereocenters. The summed E-state index contributed by atoms with van der Waals surface area (Å²) in [5.74, 6) is 1.05. The molecule has 0 atom stereocenters. The Morgan fingerprint density at radius 3 is 1.24 bits per heavy atom. The van der Waals surface area contributed by atoms with Gasteiger partial charge in [-0.15, -0.1) is 11.8 Å². The topological polar surface area (TPSA) is 85.3 Å². The van der Waals surface area contributed by atoms with Gasteiger partial charge in [0.2, 0.25) is 0 Å². The predicted octanol–water partition coefficient (Wildman–Crippen LogP) is 3.05. The van der Waals surface area contributed by atoms with Crippen molar-refractivity contribution in [3.05, 3.63) is 66.2 Å². The van der Waals surface area contributed by atoms with E-state index in [9.17, 15) is 0 Å². The number of carbonyl (C=O) groups is 5. The zero-order valence-electron chi connectivity index (χ0n) is 13.9. The second-order valence-electron chi connectivity index (χ2n) is 3.09. The molecule has 2 aromatic rings. The van der Waals surface area contributed by atoms with Crippen molar-refractivity contribution in [3.8, 4) is 0 Å². The van der Waals surface area contributed by atoms with Gasteiger partial charge in [-0.05, 0) is 17.7 Å². The predicted molar refractivity (Wildman–Crippen MR) is 98.1 cm³/mol. The average Bonchev–Trinajstić information content (AvgIpc) is 2.75. The van der Waals surface area contributed by atoms with Crippen LogP contribution < -0.4 is 0 Å². The fraction of sp³-hybridized carbons (Fsp3) is 0.0556. The molecule has 0 aliphatic rings. The molecule has 0 amide bonds. The Bertz CT molecular complexity index is 408. The van der Waals surface area contributed by atoms with Crippen molar-refractivity contribution in [1.29, 1.82) is 0 Å². The Labute approximate surface area is 167 Å². The quantitative estimate of drug-likeness (QED) is 0.564. The zero-order chi connectivity index (χ0) is 19.6. The third kappa shape index (κ3) is 24.2. The van der Waals surface area contributed by atoms with Crippen molar-refractivity contribution in [1.82, 2.24) is 0 Å². The molecule has 0 saturated heterocycles. The van der Waals surface area contributed by atoms with E-state index in [1.54, 1.807) is 0 Å². The zero-order valence-corrected chi connectivity index (χ0v) is 17.6. The third-order valence-corrected chi connectivity index (χ3v) is 3.07. The largest absolute Gasteiger partial charge is 0.307 e. The van der Waals surface area contributed by atoms with Crippen molar-refractivity contribution in [2.75, 3.05) is 0 Å². The molecule has 136 valence electrons. The van der Waals surface area contributed by atoms with Crippen molar-refractivity contribution in [3.63, 3.8) is 0 Å². The van der Waals surface area contributed by atoms with E-state index in [-0.39, 0.29) is 21.1 Å². The fourth-order valence-corrected chi connectivity index (χ4v) is 2.13. The van der Waals surface area contributed by atoms with Crippen LogP contribution in [0.25, 0.3) is 0 Å². The maximum Gasteiger partial charge on any atom is 0.106 e. The van der Waals surface area contributed by atoms with Crippen LogP contribution in [0, 0.1) is 0 Å². The number of rotatable bonds is 3. The van der Waals surface area contributed by atoms with E-state index >= 15 is 0 Å². The summed E-state index contributed by atoms with van der Waals surface area (Å²) in [6.07, 6.45) is 0. The van der Waals surface area contributed by atoms with E-state index < -0.39 is 0 Å². The summed E-state index contributed by atoms with van der Waals surface area (Å²) in [5, 5.41) is 0. The minimum atomic E-state index is 0. The van der Waals surface area contributed by atoms with Crippen LogP contribution >= 0.6 is 11.8 Å². The molecule has 0 N–H and O–H groups in total. The standard InChI is InChI=1S/C13H12S.5CH2O.W/c1-3-7-12(8-4-1)11-14-13-9-5-2-6-10-13;5*1-2;/h1-10H,11H2;5*1H2;. The molecule has 2 rings (SSSR count). The third-order valence-electron chi connectivity index (χ3n) is 1.99. The first-order valence-corrected chi connectivity index (χ1v) is 7.10. The minimum absolute atomic E-state index is 0. The van der Waals surface area contributed by atoms with Gasteiger partial charge in [0.15, 0.2) is 0 Å². The summed E-state index contributed by atoms with van der Waals surface area (Å²) in [7, 11) is 0. The molecule has 0 bridgehead atoms. The van der Waals surface area contributed by atoms with Crippen molar-refractivity contribution >= 4 is 45.7 Å². The van der Waals surface area contributed by atoms with Gasteiger partial charge in [0.1, 0.15) is 33.9 Å². The van der Waals surface area contributed by atoms with E-state index in [4.69, 9.17) is 24.0 Å². The smallest absolute Gasteiger partial charge is 0.106 e. The van der Waals surface area contributed by atoms with Crippen LogP contribution in [0.1, 0.15) is 5.56 Å². The second-order valence-corrected chi connectivity index (χ2v) is 4.14. The van der Waals surface area contributed by atoms with E-state index in [0.29, 0.717) is 0 Å². The van der Waals surface area contributed by atoms with Crippen LogP contribution in [0.15, 0.2) is 65.6 Å². The van der Waals surface area contributed by atoms with Gasteiger partial charge in [0.05, 0.1) is 0 Å². The van der Waals surface area contributed by atoms with Gasteiger partial charge < -0.3 is 24.0 Å². The van der Waals surface area contributed by atoms with Crippen LogP contribution in [-0.2, 0) is 50.8 Å². The first kappa shape index (κ1) is 34.2. The van der Waals surface area contributed by atoms with Crippen molar-refractivity contribution in [2.45, 2.75) is 10.6 Å². The van der Waals surface area contributed by atoms with Crippen molar-refractivity contribution < 1.29 is 45.0 Å². The first-order valence-electron chi connectivity index (χ1n) is 6.11. The minimum Gasteiger partial charge on any atom is -0.307 e. The van der Waals surface area contributed by atoms with Gasteiger partial charge in [-0.1, -0.05) is 48.5 Å². The second kappa shape index (κ2) is 37.8. The SMILES string of the molecule is C=O.C=O.C=O.C=O.C=O.[W].c1ccc(CSc2ccccc2)cc1. The molecule has 0 radical (unpaired) electrons. The van der Waals surface area contributed by atoms with Gasteiger partial charge in [-0.2, -0.15) is 0 Å². The Balaban J connectivity index is -0.000000105. The molecule has 0 aliphatic heterocycles. The maximum absolute atomic E-state index is 8.00. The van der Waals surface area contributed by atoms with Gasteiger partial charge in [-0.3, -0.25) is 0 Å². The normalized spacial score (nSPS) is 6.40. The monoisotopic (exact) mass is 534 g/mol. The van der Waals surface area contributed by atoms with Crippen LogP contribution in [-0.4, -0.2) is 33.9 Å². The number of benzene rings is 2. The molecule has 0 aromatic heterocycles. The van der Waals surface area contributed by atoms with Gasteiger partial charge in [0.25, 0.3) is 0 Å². The Morgan fingerprint density at radius 1 is 0.560 bits per heavy atom. The van der Waals surface area contributed by atoms with Gasteiger partial charge in [0, 0.05) is 31.7 Å². The molecular weight excluding hydrogens is 512 g/mol. The summed E-state index contributed by atoms with van der Waals surface area (Å²) >= 11 is 1.87. The molecule has 25 heavy (non-hydrogen) atoms. The summed E-state index contributed by atoms with van der Waals surface area (Å²) in [6, 6.07) is 21.0. The van der Waals surface area contributed by atoms with Crippen LogP contribution in [0.3, 0.4) is 0 Å². The van der Waals surface area contributed by atoms with Crippen LogP contribution in [0.5, 0.6) is 0 Å². The summed E-state index contributed by atoms with van der Waals surface area (Å²) < 4.78 is 0. The molecule has 0 heterocycles. The Kier molecular flexibility index (Phi) is 51.7. The van der Waals surface area contributed by atoms with Gasteiger partial charge >= 0.3 is 0 Å². The molecule has 2 aromatic carbocycles. The fourth-order valence-electron chi connectivity index (χ4n) is 1.26. The molecule has 7 heteroatoms. The van der Waals surface area contributed by atoms with Crippen LogP contribution in [0.4, 0.5) is 0 Å². The summed E-state index contributed by atoms with van der Waals surface area (Å²) in [6.45, 7) is 10.0. The van der Waals surface area contributed by atoms with E-state index in [1.165, 1.54) is 10.5 Å². The Morgan fingerprint density at radius 2 is 0.880 bits per heavy atom. The number of carbonyl (C=O) groups excluding carboxylic acids is 5. The van der Waals surface area contributed by atoms with E-state index in [2.05, 4.69) is 54.6 Å². The van der Waals surface area contributed by atoms with Gasteiger partial charge in [-0.25, -0.2) is 0 Å². The molecular formula is C18H22O5SW. The molecule has 5 nitrogen and oxygen atoms in total. The van der Waals surface area contributed by atoms with Crippen LogP contribution in [0.2, 0.25) is 0 Å². The number of thioether (sulfide) groups is 1. The van der Waals surface area contributed by atoms with E-state index in [1.807, 2.05) is 51.8 Å². The van der Waals surface area contributed by atoms with Crippen molar-refractivity contribution in [2.24, 2.45) is 0 Å². The number of hydrogen-bond donors (Lipinski definition) is 0. The molecule has 0 saturated carbocycles. The van der Waals surface area contributed by atoms with E-state index in [0.717, 1.165) is 5.75 Å². The first-order chi connectivity index (χ1) is 11.9. The Hall–Kier alpha value is -2.17.